The highest BCUT2D eigenvalue weighted by atomic mass is 16.4. The average Bonchev–Trinajstić information content (AvgIpc) is 2.95. The number of amides is 1. The molecule has 1 amide bonds. The van der Waals surface area contributed by atoms with E-state index in [9.17, 15) is 4.79 Å². The summed E-state index contributed by atoms with van der Waals surface area (Å²) < 4.78 is 5.39. The van der Waals surface area contributed by atoms with Gasteiger partial charge in [0, 0.05) is 13.0 Å². The van der Waals surface area contributed by atoms with Crippen LogP contribution in [0.4, 0.5) is 0 Å². The van der Waals surface area contributed by atoms with Crippen LogP contribution in [0.2, 0.25) is 0 Å². The normalized spacial score (nSPS) is 10.8. The van der Waals surface area contributed by atoms with E-state index in [-0.39, 0.29) is 11.8 Å². The molecule has 0 saturated heterocycles. The molecule has 0 aliphatic rings. The van der Waals surface area contributed by atoms with Gasteiger partial charge in [-0.2, -0.15) is 0 Å². The number of nitrogens with one attached hydrogen (secondary N) is 1. The van der Waals surface area contributed by atoms with Gasteiger partial charge in [0.05, 0.1) is 0 Å². The maximum atomic E-state index is 11.8. The lowest BCUT2D eigenvalue weighted by atomic mass is 10.1. The van der Waals surface area contributed by atoms with Crippen molar-refractivity contribution >= 4 is 5.91 Å². The van der Waals surface area contributed by atoms with Crippen molar-refractivity contribution < 1.29 is 9.21 Å². The molecule has 0 atom stereocenters. The first-order chi connectivity index (χ1) is 10.1. The molecular formula is C16H21N3O2. The number of aryl methyl sites for hydroxylation is 2. The van der Waals surface area contributed by atoms with Gasteiger partial charge in [-0.1, -0.05) is 44.2 Å². The minimum atomic E-state index is -0.297. The molecule has 0 fully saturated rings. The SMILES string of the molecule is CC(C)CCNC(=O)c1nnc(CCc2ccccc2)o1. The molecule has 1 aromatic heterocycles. The summed E-state index contributed by atoms with van der Waals surface area (Å²) in [6, 6.07) is 10.1. The van der Waals surface area contributed by atoms with E-state index >= 15 is 0 Å². The third kappa shape index (κ3) is 5.02. The third-order valence-electron chi connectivity index (χ3n) is 3.14. The van der Waals surface area contributed by atoms with Crippen LogP contribution in [0.1, 0.15) is 42.4 Å². The summed E-state index contributed by atoms with van der Waals surface area (Å²) in [4.78, 5) is 11.8. The first-order valence-corrected chi connectivity index (χ1v) is 7.29. The Morgan fingerprint density at radius 2 is 1.95 bits per heavy atom. The largest absolute Gasteiger partial charge is 0.417 e. The van der Waals surface area contributed by atoms with Gasteiger partial charge in [0.1, 0.15) is 0 Å². The van der Waals surface area contributed by atoms with Crippen LogP contribution in [0, 0.1) is 5.92 Å². The molecule has 2 aromatic rings. The molecule has 0 unspecified atom stereocenters. The lowest BCUT2D eigenvalue weighted by Crippen LogP contribution is -2.25. The van der Waals surface area contributed by atoms with Crippen LogP contribution in [0.15, 0.2) is 34.7 Å². The quantitative estimate of drug-likeness (QED) is 0.850. The van der Waals surface area contributed by atoms with Crippen LogP contribution in [0.3, 0.4) is 0 Å². The molecule has 0 spiro atoms. The van der Waals surface area contributed by atoms with E-state index < -0.39 is 0 Å². The molecule has 0 aliphatic carbocycles. The van der Waals surface area contributed by atoms with Gasteiger partial charge in [-0.05, 0) is 24.3 Å². The van der Waals surface area contributed by atoms with Gasteiger partial charge in [-0.25, -0.2) is 0 Å². The first kappa shape index (κ1) is 15.2. The molecule has 0 saturated carbocycles. The van der Waals surface area contributed by atoms with Crippen molar-refractivity contribution in [1.82, 2.24) is 15.5 Å². The lowest BCUT2D eigenvalue weighted by Gasteiger charge is -2.04. The number of aromatic nitrogens is 2. The Morgan fingerprint density at radius 1 is 1.19 bits per heavy atom. The molecule has 112 valence electrons. The van der Waals surface area contributed by atoms with Crippen molar-refractivity contribution in [2.45, 2.75) is 33.1 Å². The monoisotopic (exact) mass is 287 g/mol. The molecule has 5 heteroatoms. The van der Waals surface area contributed by atoms with Gasteiger partial charge in [-0.3, -0.25) is 4.79 Å². The predicted molar refractivity (Wildman–Crippen MR) is 79.9 cm³/mol. The summed E-state index contributed by atoms with van der Waals surface area (Å²) in [7, 11) is 0. The summed E-state index contributed by atoms with van der Waals surface area (Å²) in [5.41, 5.74) is 1.21. The molecule has 1 heterocycles. The highest BCUT2D eigenvalue weighted by molar-refractivity contribution is 5.89. The number of carbonyl (C=O) groups is 1. The molecule has 2 rings (SSSR count). The number of nitrogens with zero attached hydrogens (tertiary/aromatic N) is 2. The van der Waals surface area contributed by atoms with E-state index in [2.05, 4.69) is 41.5 Å². The predicted octanol–water partition coefficient (Wildman–Crippen LogP) is 2.63. The summed E-state index contributed by atoms with van der Waals surface area (Å²) in [5.74, 6) is 0.790. The molecule has 1 aromatic carbocycles. The molecule has 0 bridgehead atoms. The Bertz CT molecular complexity index is 564. The second-order valence-corrected chi connectivity index (χ2v) is 5.42. The molecule has 21 heavy (non-hydrogen) atoms. The van der Waals surface area contributed by atoms with E-state index in [1.165, 1.54) is 5.56 Å². The van der Waals surface area contributed by atoms with Gasteiger partial charge in [-0.15, -0.1) is 10.2 Å². The fraction of sp³-hybridized carbons (Fsp3) is 0.438. The maximum Gasteiger partial charge on any atom is 0.308 e. The van der Waals surface area contributed by atoms with E-state index in [4.69, 9.17) is 4.42 Å². The van der Waals surface area contributed by atoms with E-state index in [1.807, 2.05) is 18.2 Å². The van der Waals surface area contributed by atoms with Gasteiger partial charge in [0.15, 0.2) is 0 Å². The lowest BCUT2D eigenvalue weighted by molar-refractivity contribution is 0.0915. The number of rotatable bonds is 7. The van der Waals surface area contributed by atoms with Crippen LogP contribution in [-0.2, 0) is 12.8 Å². The zero-order valence-electron chi connectivity index (χ0n) is 12.5. The highest BCUT2D eigenvalue weighted by Gasteiger charge is 2.14. The summed E-state index contributed by atoms with van der Waals surface area (Å²) in [6.45, 7) is 4.85. The molecule has 0 aliphatic heterocycles. The second-order valence-electron chi connectivity index (χ2n) is 5.42. The molecular weight excluding hydrogens is 266 g/mol. The second kappa shape index (κ2) is 7.57. The zero-order valence-corrected chi connectivity index (χ0v) is 12.5. The van der Waals surface area contributed by atoms with Crippen molar-refractivity contribution in [3.63, 3.8) is 0 Å². The van der Waals surface area contributed by atoms with Crippen LogP contribution in [0.25, 0.3) is 0 Å². The summed E-state index contributed by atoms with van der Waals surface area (Å²) in [5, 5.41) is 10.5. The Morgan fingerprint density at radius 3 is 2.67 bits per heavy atom. The van der Waals surface area contributed by atoms with Gasteiger partial charge >= 0.3 is 11.8 Å². The topological polar surface area (TPSA) is 68.0 Å². The van der Waals surface area contributed by atoms with Gasteiger partial charge < -0.3 is 9.73 Å². The number of benzene rings is 1. The average molecular weight is 287 g/mol. The van der Waals surface area contributed by atoms with Crippen LogP contribution in [0.5, 0.6) is 0 Å². The van der Waals surface area contributed by atoms with Crippen molar-refractivity contribution in [2.75, 3.05) is 6.54 Å². The van der Waals surface area contributed by atoms with Crippen molar-refractivity contribution in [2.24, 2.45) is 5.92 Å². The Labute approximate surface area is 124 Å². The van der Waals surface area contributed by atoms with Gasteiger partial charge in [0.25, 0.3) is 0 Å². The minimum absolute atomic E-state index is 0.0433. The van der Waals surface area contributed by atoms with Crippen molar-refractivity contribution in [3.05, 3.63) is 47.7 Å². The van der Waals surface area contributed by atoms with Crippen LogP contribution < -0.4 is 5.32 Å². The van der Waals surface area contributed by atoms with E-state index in [0.717, 1.165) is 12.8 Å². The fourth-order valence-electron chi connectivity index (χ4n) is 1.89. The fourth-order valence-corrected chi connectivity index (χ4v) is 1.89. The van der Waals surface area contributed by atoms with Crippen molar-refractivity contribution in [1.29, 1.82) is 0 Å². The number of hydrogen-bond donors (Lipinski definition) is 1. The zero-order chi connectivity index (χ0) is 15.1. The Balaban J connectivity index is 1.82. The summed E-state index contributed by atoms with van der Waals surface area (Å²) >= 11 is 0. The van der Waals surface area contributed by atoms with Gasteiger partial charge in [0.2, 0.25) is 5.89 Å². The maximum absolute atomic E-state index is 11.8. The van der Waals surface area contributed by atoms with E-state index in [1.54, 1.807) is 0 Å². The minimum Gasteiger partial charge on any atom is -0.417 e. The Kier molecular flexibility index (Phi) is 5.49. The number of carbonyl (C=O) groups excluding carboxylic acids is 1. The van der Waals surface area contributed by atoms with Crippen LogP contribution >= 0.6 is 0 Å². The molecule has 1 N–H and O–H groups in total. The summed E-state index contributed by atoms with van der Waals surface area (Å²) in [6.07, 6.45) is 2.38. The molecule has 5 nitrogen and oxygen atoms in total. The van der Waals surface area contributed by atoms with E-state index in [0.29, 0.717) is 24.8 Å². The van der Waals surface area contributed by atoms with Crippen LogP contribution in [-0.4, -0.2) is 22.6 Å². The number of hydrogen-bond acceptors (Lipinski definition) is 4. The Hall–Kier alpha value is -2.17. The smallest absolute Gasteiger partial charge is 0.308 e. The highest BCUT2D eigenvalue weighted by Crippen LogP contribution is 2.07. The molecule has 0 radical (unpaired) electrons. The standard InChI is InChI=1S/C16H21N3O2/c1-12(2)10-11-17-15(20)16-19-18-14(21-16)9-8-13-6-4-3-5-7-13/h3-7,12H,8-11H2,1-2H3,(H,17,20). The first-order valence-electron chi connectivity index (χ1n) is 7.29. The van der Waals surface area contributed by atoms with Crippen molar-refractivity contribution in [3.8, 4) is 0 Å². The third-order valence-corrected chi connectivity index (χ3v) is 3.14.